The Balaban J connectivity index is 1.26. The first-order valence-corrected chi connectivity index (χ1v) is 12.0. The van der Waals surface area contributed by atoms with Crippen LogP contribution in [-0.2, 0) is 0 Å². The Kier molecular flexibility index (Phi) is 6.88. The molecule has 38 heavy (non-hydrogen) atoms. The van der Waals surface area contributed by atoms with Crippen LogP contribution in [-0.4, -0.2) is 21.6 Å². The molecule has 0 aliphatic heterocycles. The molecule has 0 fully saturated rings. The monoisotopic (exact) mass is 524 g/mol. The number of carbonyl (C=O) groups is 1. The lowest BCUT2D eigenvalue weighted by molar-refractivity contribution is -0.384. The van der Waals surface area contributed by atoms with Crippen molar-refractivity contribution in [2.75, 3.05) is 0 Å². The first-order chi connectivity index (χ1) is 18.4. The van der Waals surface area contributed by atoms with Gasteiger partial charge in [-0.15, -0.1) is 0 Å². The number of halogens is 1. The van der Waals surface area contributed by atoms with E-state index in [1.807, 2.05) is 37.3 Å². The third-order valence-corrected chi connectivity index (χ3v) is 6.26. The van der Waals surface area contributed by atoms with E-state index < -0.39 is 4.92 Å². The third kappa shape index (κ3) is 5.11. The lowest BCUT2D eigenvalue weighted by Crippen LogP contribution is -2.17. The molecule has 0 bridgehead atoms. The highest BCUT2D eigenvalue weighted by molar-refractivity contribution is 6.32. The Morgan fingerprint density at radius 2 is 1.74 bits per heavy atom. The number of rotatable bonds is 7. The zero-order valence-electron chi connectivity index (χ0n) is 20.2. The van der Waals surface area contributed by atoms with Gasteiger partial charge in [0.15, 0.2) is 0 Å². The molecular weight excluding hydrogens is 504 g/mol. The fourth-order valence-electron chi connectivity index (χ4n) is 4.08. The molecule has 0 aliphatic rings. The molecule has 9 heteroatoms. The third-order valence-electron chi connectivity index (χ3n) is 5.95. The summed E-state index contributed by atoms with van der Waals surface area (Å²) in [6.07, 6.45) is 1.36. The van der Waals surface area contributed by atoms with Gasteiger partial charge in [0.25, 0.3) is 11.6 Å². The van der Waals surface area contributed by atoms with E-state index in [0.717, 1.165) is 22.6 Å². The van der Waals surface area contributed by atoms with Gasteiger partial charge in [0, 0.05) is 28.6 Å². The van der Waals surface area contributed by atoms with Crippen LogP contribution in [0, 0.1) is 17.0 Å². The molecule has 5 rings (SSSR count). The summed E-state index contributed by atoms with van der Waals surface area (Å²) >= 11 is 5.87. The fourth-order valence-corrected chi connectivity index (χ4v) is 4.27. The number of hydrogen-bond acceptors (Lipinski definition) is 5. The second-order valence-electron chi connectivity index (χ2n) is 8.43. The van der Waals surface area contributed by atoms with Gasteiger partial charge in [0.1, 0.15) is 16.5 Å². The van der Waals surface area contributed by atoms with Crippen LogP contribution in [0.1, 0.15) is 21.8 Å². The number of nitro benzene ring substituents is 1. The maximum atomic E-state index is 12.6. The van der Waals surface area contributed by atoms with E-state index >= 15 is 0 Å². The predicted molar refractivity (Wildman–Crippen MR) is 147 cm³/mol. The van der Waals surface area contributed by atoms with E-state index in [0.29, 0.717) is 22.6 Å². The minimum atomic E-state index is -0.554. The van der Waals surface area contributed by atoms with E-state index in [9.17, 15) is 14.9 Å². The van der Waals surface area contributed by atoms with Gasteiger partial charge in [0.2, 0.25) is 0 Å². The van der Waals surface area contributed by atoms with Crippen molar-refractivity contribution in [3.8, 4) is 28.3 Å². The normalized spacial score (nSPS) is 11.1. The number of aryl methyl sites for hydroxylation is 1. The minimum absolute atomic E-state index is 0.0444. The molecule has 0 radical (unpaired) electrons. The summed E-state index contributed by atoms with van der Waals surface area (Å²) in [5, 5.41) is 15.1. The van der Waals surface area contributed by atoms with Crippen molar-refractivity contribution >= 4 is 29.4 Å². The van der Waals surface area contributed by atoms with E-state index in [4.69, 9.17) is 16.0 Å². The number of hydrazone groups is 1. The van der Waals surface area contributed by atoms with E-state index in [1.54, 1.807) is 30.3 Å². The Morgan fingerprint density at radius 3 is 2.47 bits per heavy atom. The molecule has 8 nitrogen and oxygen atoms in total. The Bertz CT molecular complexity index is 1650. The lowest BCUT2D eigenvalue weighted by Gasteiger charge is -2.12. The average Bonchev–Trinajstić information content (AvgIpc) is 3.56. The van der Waals surface area contributed by atoms with Crippen LogP contribution in [0.5, 0.6) is 0 Å². The van der Waals surface area contributed by atoms with E-state index in [2.05, 4.69) is 39.4 Å². The largest absolute Gasteiger partial charge is 0.455 e. The predicted octanol–water partition coefficient (Wildman–Crippen LogP) is 7.04. The van der Waals surface area contributed by atoms with E-state index in [-0.39, 0.29) is 16.6 Å². The summed E-state index contributed by atoms with van der Waals surface area (Å²) in [5.41, 5.74) is 7.42. The van der Waals surface area contributed by atoms with Crippen molar-refractivity contribution in [2.45, 2.75) is 6.92 Å². The standard InChI is InChI=1S/C29H21ClN4O4/c1-19-7-15-26(20-5-3-2-4-6-20)33(19)23-11-8-21(9-12-23)29(35)32-31-18-24-13-16-28(38-24)22-10-14-25(30)27(17-22)34(36)37/h2-18H,1H3,(H,32,35)/b31-18-. The van der Waals surface area contributed by atoms with Gasteiger partial charge in [0.05, 0.1) is 16.8 Å². The number of nitrogens with one attached hydrogen (secondary N) is 1. The van der Waals surface area contributed by atoms with Crippen LogP contribution in [0.2, 0.25) is 5.02 Å². The average molecular weight is 525 g/mol. The highest BCUT2D eigenvalue weighted by Crippen LogP contribution is 2.31. The van der Waals surface area contributed by atoms with Crippen LogP contribution in [0.3, 0.4) is 0 Å². The van der Waals surface area contributed by atoms with Crippen molar-refractivity contribution in [3.63, 3.8) is 0 Å². The van der Waals surface area contributed by atoms with Gasteiger partial charge in [-0.2, -0.15) is 5.10 Å². The van der Waals surface area contributed by atoms with E-state index in [1.165, 1.54) is 18.3 Å². The Labute approximate surface area is 223 Å². The maximum Gasteiger partial charge on any atom is 0.288 e. The molecule has 1 N–H and O–H groups in total. The van der Waals surface area contributed by atoms with Crippen LogP contribution in [0.4, 0.5) is 5.69 Å². The summed E-state index contributed by atoms with van der Waals surface area (Å²) in [6.45, 7) is 2.04. The number of furan rings is 1. The van der Waals surface area contributed by atoms with Crippen molar-refractivity contribution in [2.24, 2.45) is 5.10 Å². The highest BCUT2D eigenvalue weighted by Gasteiger charge is 2.15. The lowest BCUT2D eigenvalue weighted by atomic mass is 10.1. The SMILES string of the molecule is Cc1ccc(-c2ccccc2)n1-c1ccc(C(=O)N/N=C\c2ccc(-c3ccc(Cl)c([N+](=O)[O-])c3)o2)cc1. The Morgan fingerprint density at radius 1 is 0.974 bits per heavy atom. The van der Waals surface area contributed by atoms with Crippen LogP contribution in [0.25, 0.3) is 28.3 Å². The second-order valence-corrected chi connectivity index (χ2v) is 8.84. The molecule has 1 amide bonds. The van der Waals surface area contributed by atoms with Gasteiger partial charge < -0.3 is 8.98 Å². The van der Waals surface area contributed by atoms with Crippen molar-refractivity contribution in [1.82, 2.24) is 9.99 Å². The van der Waals surface area contributed by atoms with Crippen molar-refractivity contribution < 1.29 is 14.1 Å². The minimum Gasteiger partial charge on any atom is -0.455 e. The molecule has 0 spiro atoms. The van der Waals surface area contributed by atoms with Crippen molar-refractivity contribution in [1.29, 1.82) is 0 Å². The van der Waals surface area contributed by atoms with Crippen LogP contribution >= 0.6 is 11.6 Å². The summed E-state index contributed by atoms with van der Waals surface area (Å²) in [4.78, 5) is 23.2. The number of carbonyl (C=O) groups excluding carboxylic acids is 1. The molecule has 0 saturated heterocycles. The smallest absolute Gasteiger partial charge is 0.288 e. The van der Waals surface area contributed by atoms with Gasteiger partial charge in [-0.1, -0.05) is 41.9 Å². The van der Waals surface area contributed by atoms with Gasteiger partial charge in [-0.25, -0.2) is 5.43 Å². The first-order valence-electron chi connectivity index (χ1n) is 11.6. The molecule has 188 valence electrons. The molecule has 2 heterocycles. The number of amides is 1. The summed E-state index contributed by atoms with van der Waals surface area (Å²) in [7, 11) is 0. The molecule has 0 atom stereocenters. The molecular formula is C29H21ClN4O4. The number of benzene rings is 3. The summed E-state index contributed by atoms with van der Waals surface area (Å²) in [5.74, 6) is 0.397. The van der Waals surface area contributed by atoms with Crippen molar-refractivity contribution in [3.05, 3.63) is 129 Å². The number of hydrogen-bond donors (Lipinski definition) is 1. The fraction of sp³-hybridized carbons (Fsp3) is 0.0345. The van der Waals surface area contributed by atoms with Crippen LogP contribution < -0.4 is 5.43 Å². The van der Waals surface area contributed by atoms with Crippen LogP contribution in [0.15, 0.2) is 107 Å². The number of nitro groups is 1. The number of nitrogens with zero attached hydrogens (tertiary/aromatic N) is 3. The maximum absolute atomic E-state index is 12.6. The van der Waals surface area contributed by atoms with Gasteiger partial charge >= 0.3 is 0 Å². The van der Waals surface area contributed by atoms with Gasteiger partial charge in [-0.3, -0.25) is 14.9 Å². The zero-order chi connectivity index (χ0) is 26.6. The summed E-state index contributed by atoms with van der Waals surface area (Å²) in [6, 6.07) is 29.2. The molecule has 5 aromatic rings. The summed E-state index contributed by atoms with van der Waals surface area (Å²) < 4.78 is 7.82. The quantitative estimate of drug-likeness (QED) is 0.140. The molecule has 0 aliphatic carbocycles. The second kappa shape index (κ2) is 10.6. The highest BCUT2D eigenvalue weighted by atomic mass is 35.5. The molecule has 0 unspecified atom stereocenters. The Hall–Kier alpha value is -4.95. The molecule has 2 aromatic heterocycles. The van der Waals surface area contributed by atoms with Gasteiger partial charge in [-0.05, 0) is 73.2 Å². The zero-order valence-corrected chi connectivity index (χ0v) is 20.9. The first kappa shape index (κ1) is 24.7. The molecule has 0 saturated carbocycles. The molecule has 3 aromatic carbocycles. The number of aromatic nitrogens is 1. The topological polar surface area (TPSA) is 103 Å².